The van der Waals surface area contributed by atoms with Crippen LogP contribution in [0.3, 0.4) is 0 Å². The minimum Gasteiger partial charge on any atom is -0.349 e. The van der Waals surface area contributed by atoms with Crippen LogP contribution in [-0.4, -0.2) is 11.9 Å². The number of halogens is 2. The van der Waals surface area contributed by atoms with Gasteiger partial charge in [0.2, 0.25) is 0 Å². The van der Waals surface area contributed by atoms with E-state index in [1.165, 1.54) is 18.6 Å². The Hall–Kier alpha value is -0.900. The average molecular weight is 342 g/mol. The van der Waals surface area contributed by atoms with Crippen LogP contribution in [0, 0.1) is 17.7 Å². The highest BCUT2D eigenvalue weighted by molar-refractivity contribution is 9.10. The van der Waals surface area contributed by atoms with Crippen molar-refractivity contribution >= 4 is 21.8 Å². The maximum absolute atomic E-state index is 13.8. The second-order valence-corrected chi connectivity index (χ2v) is 6.81. The summed E-state index contributed by atoms with van der Waals surface area (Å²) in [5, 5.41) is 3.03. The quantitative estimate of drug-likeness (QED) is 0.859. The van der Waals surface area contributed by atoms with E-state index in [1.807, 2.05) is 0 Å². The highest BCUT2D eigenvalue weighted by Gasteiger charge is 2.29. The lowest BCUT2D eigenvalue weighted by atomic mass is 9.78. The van der Waals surface area contributed by atoms with Gasteiger partial charge in [-0.2, -0.15) is 0 Å². The molecule has 2 unspecified atom stereocenters. The fourth-order valence-corrected chi connectivity index (χ4v) is 3.39. The summed E-state index contributed by atoms with van der Waals surface area (Å²) in [6.45, 7) is 4.38. The van der Waals surface area contributed by atoms with E-state index >= 15 is 0 Å². The van der Waals surface area contributed by atoms with E-state index in [9.17, 15) is 9.18 Å². The standard InChI is InChI=1S/C16H21BrFNO/c1-10(2)12-5-3-4-6-15(12)19-16(20)13-8-7-11(17)9-14(13)18/h7-10,12,15H,3-6H2,1-2H3,(H,19,20). The van der Waals surface area contributed by atoms with Gasteiger partial charge in [0.15, 0.2) is 0 Å². The van der Waals surface area contributed by atoms with Crippen molar-refractivity contribution < 1.29 is 9.18 Å². The van der Waals surface area contributed by atoms with Gasteiger partial charge in [-0.1, -0.05) is 42.6 Å². The Morgan fingerprint density at radius 2 is 2.05 bits per heavy atom. The molecule has 2 rings (SSSR count). The summed E-state index contributed by atoms with van der Waals surface area (Å²) in [6, 6.07) is 4.72. The van der Waals surface area contributed by atoms with Crippen LogP contribution in [0.1, 0.15) is 49.9 Å². The maximum atomic E-state index is 13.8. The Balaban J connectivity index is 2.09. The number of nitrogens with one attached hydrogen (secondary N) is 1. The van der Waals surface area contributed by atoms with Crippen molar-refractivity contribution in [2.24, 2.45) is 11.8 Å². The molecule has 1 N–H and O–H groups in total. The monoisotopic (exact) mass is 341 g/mol. The number of rotatable bonds is 3. The molecular weight excluding hydrogens is 321 g/mol. The third kappa shape index (κ3) is 3.60. The Morgan fingerprint density at radius 1 is 1.35 bits per heavy atom. The molecule has 0 aliphatic heterocycles. The van der Waals surface area contributed by atoms with Crippen molar-refractivity contribution in [1.82, 2.24) is 5.32 Å². The first-order valence-corrected chi connectivity index (χ1v) is 8.04. The predicted molar refractivity (Wildman–Crippen MR) is 82.2 cm³/mol. The van der Waals surface area contributed by atoms with Crippen LogP contribution in [0.15, 0.2) is 22.7 Å². The lowest BCUT2D eigenvalue weighted by Gasteiger charge is -2.34. The molecule has 1 aromatic carbocycles. The summed E-state index contributed by atoms with van der Waals surface area (Å²) in [7, 11) is 0. The third-order valence-electron chi connectivity index (χ3n) is 4.17. The molecule has 1 fully saturated rings. The average Bonchev–Trinajstić information content (AvgIpc) is 2.38. The van der Waals surface area contributed by atoms with Crippen LogP contribution in [0.25, 0.3) is 0 Å². The Labute approximate surface area is 128 Å². The summed E-state index contributed by atoms with van der Waals surface area (Å²) >= 11 is 3.20. The Morgan fingerprint density at radius 3 is 2.70 bits per heavy atom. The lowest BCUT2D eigenvalue weighted by Crippen LogP contribution is -2.44. The summed E-state index contributed by atoms with van der Waals surface area (Å²) in [6.07, 6.45) is 4.50. The SMILES string of the molecule is CC(C)C1CCCCC1NC(=O)c1ccc(Br)cc1F. The fourth-order valence-electron chi connectivity index (χ4n) is 3.06. The van der Waals surface area contributed by atoms with Crippen molar-refractivity contribution in [1.29, 1.82) is 0 Å². The van der Waals surface area contributed by atoms with Crippen molar-refractivity contribution in [3.63, 3.8) is 0 Å². The molecule has 0 heterocycles. The van der Waals surface area contributed by atoms with Crippen LogP contribution in [0.2, 0.25) is 0 Å². The first-order chi connectivity index (χ1) is 9.49. The van der Waals surface area contributed by atoms with E-state index in [1.54, 1.807) is 6.07 Å². The molecule has 0 bridgehead atoms. The maximum Gasteiger partial charge on any atom is 0.254 e. The van der Waals surface area contributed by atoms with Crippen molar-refractivity contribution in [3.8, 4) is 0 Å². The second kappa shape index (κ2) is 6.70. The lowest BCUT2D eigenvalue weighted by molar-refractivity contribution is 0.0885. The van der Waals surface area contributed by atoms with Crippen molar-refractivity contribution in [2.75, 3.05) is 0 Å². The van der Waals surface area contributed by atoms with Gasteiger partial charge in [0, 0.05) is 10.5 Å². The van der Waals surface area contributed by atoms with Crippen LogP contribution in [-0.2, 0) is 0 Å². The van der Waals surface area contributed by atoms with E-state index in [-0.39, 0.29) is 17.5 Å². The molecule has 0 radical (unpaired) electrons. The molecule has 0 aromatic heterocycles. The largest absolute Gasteiger partial charge is 0.349 e. The summed E-state index contributed by atoms with van der Waals surface area (Å²) in [5.41, 5.74) is 0.126. The zero-order chi connectivity index (χ0) is 14.7. The summed E-state index contributed by atoms with van der Waals surface area (Å²) < 4.78 is 14.5. The van der Waals surface area contributed by atoms with Gasteiger partial charge in [0.05, 0.1) is 5.56 Å². The minimum atomic E-state index is -0.478. The van der Waals surface area contributed by atoms with Gasteiger partial charge in [-0.15, -0.1) is 0 Å². The van der Waals surface area contributed by atoms with Gasteiger partial charge in [-0.05, 0) is 42.9 Å². The van der Waals surface area contributed by atoms with Gasteiger partial charge in [-0.25, -0.2) is 4.39 Å². The molecule has 20 heavy (non-hydrogen) atoms. The van der Waals surface area contributed by atoms with E-state index < -0.39 is 5.82 Å². The highest BCUT2D eigenvalue weighted by Crippen LogP contribution is 2.30. The van der Waals surface area contributed by atoms with Gasteiger partial charge in [-0.3, -0.25) is 4.79 Å². The normalized spacial score (nSPS) is 22.9. The zero-order valence-corrected chi connectivity index (χ0v) is 13.5. The molecule has 4 heteroatoms. The van der Waals surface area contributed by atoms with Crippen molar-refractivity contribution in [3.05, 3.63) is 34.1 Å². The molecule has 1 amide bonds. The van der Waals surface area contributed by atoms with Crippen LogP contribution >= 0.6 is 15.9 Å². The fraction of sp³-hybridized carbons (Fsp3) is 0.562. The topological polar surface area (TPSA) is 29.1 Å². The Kier molecular flexibility index (Phi) is 5.19. The molecule has 0 spiro atoms. The zero-order valence-electron chi connectivity index (χ0n) is 12.0. The number of hydrogen-bond acceptors (Lipinski definition) is 1. The number of carbonyl (C=O) groups is 1. The number of hydrogen-bond donors (Lipinski definition) is 1. The third-order valence-corrected chi connectivity index (χ3v) is 4.66. The van der Waals surface area contributed by atoms with E-state index in [4.69, 9.17) is 0 Å². The molecule has 2 nitrogen and oxygen atoms in total. The molecule has 1 aliphatic carbocycles. The molecule has 2 atom stereocenters. The van der Waals surface area contributed by atoms with Gasteiger partial charge in [0.25, 0.3) is 5.91 Å². The summed E-state index contributed by atoms with van der Waals surface area (Å²) in [4.78, 5) is 12.2. The molecule has 0 saturated heterocycles. The second-order valence-electron chi connectivity index (χ2n) is 5.90. The highest BCUT2D eigenvalue weighted by atomic mass is 79.9. The van der Waals surface area contributed by atoms with E-state index in [0.29, 0.717) is 16.3 Å². The smallest absolute Gasteiger partial charge is 0.254 e. The van der Waals surface area contributed by atoms with E-state index in [2.05, 4.69) is 35.1 Å². The molecule has 1 aliphatic rings. The van der Waals surface area contributed by atoms with Crippen molar-refractivity contribution in [2.45, 2.75) is 45.6 Å². The minimum absolute atomic E-state index is 0.126. The molecule has 1 aromatic rings. The van der Waals surface area contributed by atoms with Crippen LogP contribution in [0.5, 0.6) is 0 Å². The number of amides is 1. The molecular formula is C16H21BrFNO. The van der Waals surface area contributed by atoms with Crippen LogP contribution < -0.4 is 5.32 Å². The molecule has 110 valence electrons. The van der Waals surface area contributed by atoms with Gasteiger partial charge in [0.1, 0.15) is 5.82 Å². The van der Waals surface area contributed by atoms with Crippen LogP contribution in [0.4, 0.5) is 4.39 Å². The molecule has 1 saturated carbocycles. The predicted octanol–water partition coefficient (Wildman–Crippen LogP) is 4.53. The summed E-state index contributed by atoms with van der Waals surface area (Å²) in [5.74, 6) is 0.253. The first kappa shape index (κ1) is 15.5. The number of carbonyl (C=O) groups excluding carboxylic acids is 1. The van der Waals surface area contributed by atoms with Gasteiger partial charge < -0.3 is 5.32 Å². The first-order valence-electron chi connectivity index (χ1n) is 7.25. The number of benzene rings is 1. The Bertz CT molecular complexity index is 489. The van der Waals surface area contributed by atoms with E-state index in [0.717, 1.165) is 19.3 Å². The van der Waals surface area contributed by atoms with Gasteiger partial charge >= 0.3 is 0 Å².